The van der Waals surface area contributed by atoms with E-state index in [1.807, 2.05) is 26.0 Å². The van der Waals surface area contributed by atoms with Gasteiger partial charge in [-0.3, -0.25) is 9.78 Å². The van der Waals surface area contributed by atoms with E-state index in [-0.39, 0.29) is 5.91 Å². The van der Waals surface area contributed by atoms with Crippen LogP contribution in [0, 0.1) is 24.2 Å². The predicted octanol–water partition coefficient (Wildman–Crippen LogP) is 2.27. The van der Waals surface area contributed by atoms with Gasteiger partial charge in [-0.2, -0.15) is 5.26 Å². The number of nitrogens with one attached hydrogen (secondary N) is 1. The fraction of sp³-hybridized carbons (Fsp3) is 0.417. The van der Waals surface area contributed by atoms with Crippen LogP contribution in [0.15, 0.2) is 18.5 Å². The van der Waals surface area contributed by atoms with Crippen LogP contribution in [0.5, 0.6) is 0 Å². The summed E-state index contributed by atoms with van der Waals surface area (Å²) in [5, 5.41) is 11.5. The lowest BCUT2D eigenvalue weighted by atomic mass is 10.0. The monoisotopic (exact) mass is 217 g/mol. The third-order valence-electron chi connectivity index (χ3n) is 2.19. The second kappa shape index (κ2) is 5.86. The largest absolute Gasteiger partial charge is 0.324 e. The second-order valence-electron chi connectivity index (χ2n) is 3.71. The first-order valence-corrected chi connectivity index (χ1v) is 5.29. The van der Waals surface area contributed by atoms with Crippen molar-refractivity contribution >= 4 is 11.6 Å². The van der Waals surface area contributed by atoms with Crippen molar-refractivity contribution in [2.24, 2.45) is 5.92 Å². The Morgan fingerprint density at radius 1 is 1.62 bits per heavy atom. The average molecular weight is 217 g/mol. The number of hydrogen-bond donors (Lipinski definition) is 1. The Balaban J connectivity index is 2.67. The van der Waals surface area contributed by atoms with Crippen molar-refractivity contribution < 1.29 is 4.79 Å². The van der Waals surface area contributed by atoms with Crippen molar-refractivity contribution in [3.63, 3.8) is 0 Å². The number of pyridine rings is 1. The third-order valence-corrected chi connectivity index (χ3v) is 2.19. The van der Waals surface area contributed by atoms with Gasteiger partial charge in [0.05, 0.1) is 18.0 Å². The topological polar surface area (TPSA) is 65.8 Å². The summed E-state index contributed by atoms with van der Waals surface area (Å²) in [7, 11) is 0. The number of hydrogen-bond acceptors (Lipinski definition) is 3. The molecule has 0 aliphatic rings. The molecule has 1 heterocycles. The molecule has 1 unspecified atom stereocenters. The standard InChI is InChI=1S/C12H15N3O/c1-3-4-10(6-13)12(16)15-11-5-9(2)7-14-8-11/h5,7-8,10H,3-4H2,1-2H3,(H,15,16). The highest BCUT2D eigenvalue weighted by atomic mass is 16.1. The first-order chi connectivity index (χ1) is 7.67. The third kappa shape index (κ3) is 3.35. The van der Waals surface area contributed by atoms with E-state index in [4.69, 9.17) is 5.26 Å². The van der Waals surface area contributed by atoms with Gasteiger partial charge in [0.1, 0.15) is 5.92 Å². The van der Waals surface area contributed by atoms with Crippen LogP contribution >= 0.6 is 0 Å². The zero-order valence-corrected chi connectivity index (χ0v) is 9.53. The fourth-order valence-electron chi connectivity index (χ4n) is 1.40. The molecule has 1 aromatic rings. The summed E-state index contributed by atoms with van der Waals surface area (Å²) in [6.45, 7) is 3.85. The second-order valence-corrected chi connectivity index (χ2v) is 3.71. The van der Waals surface area contributed by atoms with Crippen LogP contribution in [-0.2, 0) is 4.79 Å². The predicted molar refractivity (Wildman–Crippen MR) is 61.6 cm³/mol. The SMILES string of the molecule is CCCC(C#N)C(=O)Nc1cncc(C)c1. The van der Waals surface area contributed by atoms with Crippen molar-refractivity contribution in [3.8, 4) is 6.07 Å². The van der Waals surface area contributed by atoms with E-state index >= 15 is 0 Å². The van der Waals surface area contributed by atoms with Crippen LogP contribution in [0.4, 0.5) is 5.69 Å². The maximum Gasteiger partial charge on any atom is 0.241 e. The van der Waals surface area contributed by atoms with E-state index in [0.717, 1.165) is 12.0 Å². The molecule has 1 N–H and O–H groups in total. The lowest BCUT2D eigenvalue weighted by Crippen LogP contribution is -2.21. The van der Waals surface area contributed by atoms with Crippen LogP contribution in [0.2, 0.25) is 0 Å². The van der Waals surface area contributed by atoms with Crippen molar-refractivity contribution in [2.75, 3.05) is 5.32 Å². The van der Waals surface area contributed by atoms with Gasteiger partial charge in [0, 0.05) is 6.20 Å². The Hall–Kier alpha value is -1.89. The normalized spacial score (nSPS) is 11.6. The summed E-state index contributed by atoms with van der Waals surface area (Å²) < 4.78 is 0. The minimum atomic E-state index is -0.578. The number of rotatable bonds is 4. The number of carbonyl (C=O) groups excluding carboxylic acids is 1. The molecule has 84 valence electrons. The van der Waals surface area contributed by atoms with E-state index < -0.39 is 5.92 Å². The van der Waals surface area contributed by atoms with Crippen LogP contribution in [-0.4, -0.2) is 10.9 Å². The Morgan fingerprint density at radius 3 is 2.94 bits per heavy atom. The fourth-order valence-corrected chi connectivity index (χ4v) is 1.40. The maximum absolute atomic E-state index is 11.7. The number of nitriles is 1. The molecule has 16 heavy (non-hydrogen) atoms. The minimum Gasteiger partial charge on any atom is -0.324 e. The van der Waals surface area contributed by atoms with Crippen molar-refractivity contribution in [2.45, 2.75) is 26.7 Å². The number of nitrogens with zero attached hydrogens (tertiary/aromatic N) is 2. The summed E-state index contributed by atoms with van der Waals surface area (Å²) in [5.41, 5.74) is 1.61. The van der Waals surface area contributed by atoms with Gasteiger partial charge in [0.25, 0.3) is 0 Å². The molecule has 0 aliphatic carbocycles. The van der Waals surface area contributed by atoms with Crippen LogP contribution in [0.1, 0.15) is 25.3 Å². The Bertz CT molecular complexity index is 409. The van der Waals surface area contributed by atoms with Gasteiger partial charge in [0.15, 0.2) is 0 Å². The zero-order chi connectivity index (χ0) is 12.0. The van der Waals surface area contributed by atoms with Crippen molar-refractivity contribution in [1.82, 2.24) is 4.98 Å². The quantitative estimate of drug-likeness (QED) is 0.841. The highest BCUT2D eigenvalue weighted by Crippen LogP contribution is 2.11. The molecule has 0 fully saturated rings. The lowest BCUT2D eigenvalue weighted by molar-refractivity contribution is -0.118. The Morgan fingerprint density at radius 2 is 2.38 bits per heavy atom. The van der Waals surface area contributed by atoms with Gasteiger partial charge in [-0.25, -0.2) is 0 Å². The molecule has 0 aliphatic heterocycles. The molecule has 0 bridgehead atoms. The molecule has 1 atom stereocenters. The Kier molecular flexibility index (Phi) is 4.46. The highest BCUT2D eigenvalue weighted by molar-refractivity contribution is 5.93. The van der Waals surface area contributed by atoms with E-state index in [1.54, 1.807) is 12.4 Å². The first-order valence-electron chi connectivity index (χ1n) is 5.29. The average Bonchev–Trinajstić information content (AvgIpc) is 2.25. The number of carbonyl (C=O) groups is 1. The lowest BCUT2D eigenvalue weighted by Gasteiger charge is -2.09. The summed E-state index contributed by atoms with van der Waals surface area (Å²) in [6.07, 6.45) is 4.69. The maximum atomic E-state index is 11.7. The summed E-state index contributed by atoms with van der Waals surface area (Å²) in [4.78, 5) is 15.7. The molecule has 0 aromatic carbocycles. The van der Waals surface area contributed by atoms with Gasteiger partial charge < -0.3 is 5.32 Å². The number of aryl methyl sites for hydroxylation is 1. The van der Waals surface area contributed by atoms with Gasteiger partial charge in [0.2, 0.25) is 5.91 Å². The van der Waals surface area contributed by atoms with Crippen molar-refractivity contribution in [3.05, 3.63) is 24.0 Å². The van der Waals surface area contributed by atoms with E-state index in [0.29, 0.717) is 12.1 Å². The zero-order valence-electron chi connectivity index (χ0n) is 9.53. The van der Waals surface area contributed by atoms with Crippen LogP contribution in [0.3, 0.4) is 0 Å². The summed E-state index contributed by atoms with van der Waals surface area (Å²) in [6, 6.07) is 3.83. The molecule has 4 heteroatoms. The number of aromatic nitrogens is 1. The van der Waals surface area contributed by atoms with E-state index in [1.165, 1.54) is 0 Å². The molecule has 1 rings (SSSR count). The molecule has 0 radical (unpaired) electrons. The van der Waals surface area contributed by atoms with Gasteiger partial charge in [-0.1, -0.05) is 13.3 Å². The van der Waals surface area contributed by atoms with E-state index in [9.17, 15) is 4.79 Å². The number of anilines is 1. The molecular weight excluding hydrogens is 202 g/mol. The molecule has 4 nitrogen and oxygen atoms in total. The first kappa shape index (κ1) is 12.2. The number of amides is 1. The van der Waals surface area contributed by atoms with Gasteiger partial charge in [-0.05, 0) is 25.0 Å². The van der Waals surface area contributed by atoms with E-state index in [2.05, 4.69) is 10.3 Å². The van der Waals surface area contributed by atoms with Gasteiger partial charge in [-0.15, -0.1) is 0 Å². The molecule has 0 saturated heterocycles. The van der Waals surface area contributed by atoms with Crippen molar-refractivity contribution in [1.29, 1.82) is 5.26 Å². The van der Waals surface area contributed by atoms with Crippen LogP contribution < -0.4 is 5.32 Å². The van der Waals surface area contributed by atoms with Gasteiger partial charge >= 0.3 is 0 Å². The molecule has 1 aromatic heterocycles. The molecule has 0 saturated carbocycles. The Labute approximate surface area is 95.3 Å². The minimum absolute atomic E-state index is 0.253. The van der Waals surface area contributed by atoms with Crippen LogP contribution in [0.25, 0.3) is 0 Å². The smallest absolute Gasteiger partial charge is 0.241 e. The summed E-state index contributed by atoms with van der Waals surface area (Å²) >= 11 is 0. The summed E-state index contributed by atoms with van der Waals surface area (Å²) in [5.74, 6) is -0.831. The molecular formula is C12H15N3O. The molecule has 0 spiro atoms. The highest BCUT2D eigenvalue weighted by Gasteiger charge is 2.16. The molecule has 1 amide bonds.